The molecule has 2 N–H and O–H groups in total. The van der Waals surface area contributed by atoms with Gasteiger partial charge in [-0.3, -0.25) is 0 Å². The van der Waals surface area contributed by atoms with Gasteiger partial charge in [0.2, 0.25) is 10.0 Å². The molecule has 23 heavy (non-hydrogen) atoms. The normalized spacial score (nSPS) is 25.3. The van der Waals surface area contributed by atoms with Gasteiger partial charge in [-0.05, 0) is 31.9 Å². The van der Waals surface area contributed by atoms with Gasteiger partial charge in [0.1, 0.15) is 10.5 Å². The minimum absolute atomic E-state index is 0. The van der Waals surface area contributed by atoms with E-state index in [-0.39, 0.29) is 29.4 Å². The van der Waals surface area contributed by atoms with E-state index in [1.807, 2.05) is 0 Å². The van der Waals surface area contributed by atoms with Crippen LogP contribution >= 0.6 is 24.0 Å². The Morgan fingerprint density at radius 1 is 1.26 bits per heavy atom. The van der Waals surface area contributed by atoms with Crippen LogP contribution in [0.15, 0.2) is 23.4 Å². The summed E-state index contributed by atoms with van der Waals surface area (Å²) in [4.78, 5) is 7.32. The minimum Gasteiger partial charge on any atom is -0.345 e. The monoisotopic (exact) mass is 376 g/mol. The van der Waals surface area contributed by atoms with Crippen LogP contribution in [0.5, 0.6) is 0 Å². The van der Waals surface area contributed by atoms with Gasteiger partial charge >= 0.3 is 0 Å². The van der Waals surface area contributed by atoms with Crippen molar-refractivity contribution in [2.75, 3.05) is 13.1 Å². The van der Waals surface area contributed by atoms with Gasteiger partial charge in [0.05, 0.1) is 10.4 Å². The van der Waals surface area contributed by atoms with Crippen LogP contribution in [0.1, 0.15) is 19.3 Å². The van der Waals surface area contributed by atoms with Crippen LogP contribution < -0.4 is 5.32 Å². The fraction of sp³-hybridized carbons (Fsp3) is 0.500. The second-order valence-electron chi connectivity index (χ2n) is 5.88. The third-order valence-electron chi connectivity index (χ3n) is 4.63. The first-order chi connectivity index (χ1) is 10.6. The molecule has 4 heterocycles. The minimum atomic E-state index is -3.59. The van der Waals surface area contributed by atoms with Gasteiger partial charge < -0.3 is 10.3 Å². The smallest absolute Gasteiger partial charge is 0.245 e. The first kappa shape index (κ1) is 17.0. The highest BCUT2D eigenvalue weighted by Gasteiger charge is 2.44. The third-order valence-corrected chi connectivity index (χ3v) is 6.97. The molecule has 6 nitrogen and oxygen atoms in total. The Morgan fingerprint density at radius 3 is 2.87 bits per heavy atom. The quantitative estimate of drug-likeness (QED) is 0.841. The molecule has 0 saturated carbocycles. The molecule has 2 bridgehead atoms. The average Bonchev–Trinajstić information content (AvgIpc) is 3.01. The Bertz CT molecular complexity index is 809. The summed E-state index contributed by atoms with van der Waals surface area (Å²) in [7, 11) is -3.59. The van der Waals surface area contributed by atoms with Crippen LogP contribution in [0.3, 0.4) is 0 Å². The van der Waals surface area contributed by atoms with Crippen molar-refractivity contribution in [3.8, 4) is 0 Å². The molecule has 0 aliphatic carbocycles. The van der Waals surface area contributed by atoms with Gasteiger partial charge in [0.15, 0.2) is 0 Å². The number of halogens is 2. The molecule has 0 aromatic carbocycles. The standard InChI is InChI=1S/C14H17ClN4O2S.ClH/c15-11-4-6-17-14-13(11)12(8-18-14)22(20,21)19-9-1-2-10(19)7-16-5-3-9;/h4,6,8-10,16H,1-3,5,7H2,(H,17,18);1H. The molecule has 2 aromatic heterocycles. The molecule has 9 heteroatoms. The number of nitrogens with zero attached hydrogens (tertiary/aromatic N) is 2. The van der Waals surface area contributed by atoms with Gasteiger partial charge in [0.25, 0.3) is 0 Å². The number of aromatic amines is 1. The summed E-state index contributed by atoms with van der Waals surface area (Å²) in [5, 5.41) is 4.22. The summed E-state index contributed by atoms with van der Waals surface area (Å²) in [6.45, 7) is 1.58. The Hall–Kier alpha value is -0.860. The number of aromatic nitrogens is 2. The van der Waals surface area contributed by atoms with Crippen LogP contribution in [-0.2, 0) is 10.0 Å². The Morgan fingerprint density at radius 2 is 2.04 bits per heavy atom. The molecule has 2 aliphatic rings. The molecule has 0 amide bonds. The predicted octanol–water partition coefficient (Wildman–Crippen LogP) is 2.15. The summed E-state index contributed by atoms with van der Waals surface area (Å²) < 4.78 is 28.1. The van der Waals surface area contributed by atoms with Crippen molar-refractivity contribution in [1.82, 2.24) is 19.6 Å². The van der Waals surface area contributed by atoms with Gasteiger partial charge in [-0.2, -0.15) is 4.31 Å². The maximum atomic E-state index is 13.2. The maximum Gasteiger partial charge on any atom is 0.245 e. The highest BCUT2D eigenvalue weighted by Crippen LogP contribution is 2.37. The van der Waals surface area contributed by atoms with Gasteiger partial charge in [-0.25, -0.2) is 13.4 Å². The van der Waals surface area contributed by atoms with E-state index < -0.39 is 10.0 Å². The van der Waals surface area contributed by atoms with Crippen LogP contribution in [0.4, 0.5) is 0 Å². The fourth-order valence-corrected chi connectivity index (χ4v) is 6.02. The second-order valence-corrected chi connectivity index (χ2v) is 8.10. The lowest BCUT2D eigenvalue weighted by Crippen LogP contribution is -2.42. The highest BCUT2D eigenvalue weighted by molar-refractivity contribution is 7.89. The van der Waals surface area contributed by atoms with E-state index >= 15 is 0 Å². The van der Waals surface area contributed by atoms with Crippen molar-refractivity contribution in [3.63, 3.8) is 0 Å². The number of rotatable bonds is 2. The number of pyridine rings is 1. The number of hydrogen-bond donors (Lipinski definition) is 2. The molecular weight excluding hydrogens is 359 g/mol. The average molecular weight is 377 g/mol. The van der Waals surface area contributed by atoms with Crippen molar-refractivity contribution < 1.29 is 8.42 Å². The molecule has 0 radical (unpaired) electrons. The fourth-order valence-electron chi connectivity index (χ4n) is 3.64. The summed E-state index contributed by atoms with van der Waals surface area (Å²) in [5.74, 6) is 0. The van der Waals surface area contributed by atoms with E-state index in [4.69, 9.17) is 11.6 Å². The van der Waals surface area contributed by atoms with Crippen LogP contribution in [0.25, 0.3) is 11.0 Å². The molecule has 126 valence electrons. The molecule has 2 unspecified atom stereocenters. The third kappa shape index (κ3) is 2.64. The second kappa shape index (κ2) is 6.22. The molecule has 2 aromatic rings. The molecule has 2 saturated heterocycles. The Kier molecular flexibility index (Phi) is 4.59. The van der Waals surface area contributed by atoms with Crippen molar-refractivity contribution in [2.45, 2.75) is 36.2 Å². The SMILES string of the molecule is Cl.O=S(=O)(c1c[nH]c2nccc(Cl)c12)N1C2CCNCC1CC2. The largest absolute Gasteiger partial charge is 0.345 e. The van der Waals surface area contributed by atoms with Crippen molar-refractivity contribution in [1.29, 1.82) is 0 Å². The zero-order valence-electron chi connectivity index (χ0n) is 12.3. The summed E-state index contributed by atoms with van der Waals surface area (Å²) in [6.07, 6.45) is 5.77. The number of hydrogen-bond acceptors (Lipinski definition) is 4. The van der Waals surface area contributed by atoms with E-state index in [1.54, 1.807) is 16.6 Å². The summed E-state index contributed by atoms with van der Waals surface area (Å²) >= 11 is 6.21. The van der Waals surface area contributed by atoms with Gasteiger partial charge in [0, 0.05) is 31.0 Å². The first-order valence-electron chi connectivity index (χ1n) is 7.45. The molecule has 2 fully saturated rings. The Labute approximate surface area is 146 Å². The lowest BCUT2D eigenvalue weighted by molar-refractivity contribution is 0.335. The van der Waals surface area contributed by atoms with Crippen LogP contribution in [0, 0.1) is 0 Å². The zero-order chi connectivity index (χ0) is 15.3. The predicted molar refractivity (Wildman–Crippen MR) is 91.7 cm³/mol. The van der Waals surface area contributed by atoms with E-state index in [0.29, 0.717) is 22.6 Å². The Balaban J connectivity index is 0.00000156. The van der Waals surface area contributed by atoms with Gasteiger partial charge in [-0.1, -0.05) is 11.6 Å². The van der Waals surface area contributed by atoms with Gasteiger partial charge in [-0.15, -0.1) is 12.4 Å². The lowest BCUT2D eigenvalue weighted by atomic mass is 10.1. The van der Waals surface area contributed by atoms with Crippen molar-refractivity contribution >= 4 is 45.1 Å². The first-order valence-corrected chi connectivity index (χ1v) is 9.26. The van der Waals surface area contributed by atoms with Crippen LogP contribution in [-0.4, -0.2) is 47.9 Å². The lowest BCUT2D eigenvalue weighted by Gasteiger charge is -2.26. The summed E-state index contributed by atoms with van der Waals surface area (Å²) in [6, 6.07) is 1.72. The molecule has 0 spiro atoms. The molecule has 2 aliphatic heterocycles. The van der Waals surface area contributed by atoms with Crippen molar-refractivity contribution in [3.05, 3.63) is 23.5 Å². The van der Waals surface area contributed by atoms with E-state index in [2.05, 4.69) is 15.3 Å². The zero-order valence-corrected chi connectivity index (χ0v) is 14.7. The topological polar surface area (TPSA) is 78.1 Å². The maximum absolute atomic E-state index is 13.2. The van der Waals surface area contributed by atoms with E-state index in [0.717, 1.165) is 25.8 Å². The molecular formula is C14H18Cl2N4O2S. The number of fused-ring (bicyclic) bond motifs is 3. The molecule has 2 atom stereocenters. The number of nitrogens with one attached hydrogen (secondary N) is 2. The highest BCUT2D eigenvalue weighted by atomic mass is 35.5. The van der Waals surface area contributed by atoms with E-state index in [1.165, 1.54) is 6.20 Å². The number of H-pyrrole nitrogens is 1. The summed E-state index contributed by atoms with van der Waals surface area (Å²) in [5.41, 5.74) is 0.506. The van der Waals surface area contributed by atoms with E-state index in [9.17, 15) is 8.42 Å². The number of sulfonamides is 1. The van der Waals surface area contributed by atoms with Crippen LogP contribution in [0.2, 0.25) is 5.02 Å². The van der Waals surface area contributed by atoms with Crippen molar-refractivity contribution in [2.24, 2.45) is 0 Å². The molecule has 4 rings (SSSR count).